The molecule has 2 amide bonds. The van der Waals surface area contributed by atoms with Crippen molar-refractivity contribution in [1.82, 2.24) is 0 Å². The van der Waals surface area contributed by atoms with E-state index in [9.17, 15) is 14.4 Å². The molecule has 29 heavy (non-hydrogen) atoms. The van der Waals surface area contributed by atoms with E-state index in [4.69, 9.17) is 4.42 Å². The van der Waals surface area contributed by atoms with E-state index in [2.05, 4.69) is 0 Å². The molecule has 2 aromatic carbocycles. The molecule has 4 rings (SSSR count). The highest BCUT2D eigenvalue weighted by Crippen LogP contribution is 2.34. The Morgan fingerprint density at radius 2 is 1.69 bits per heavy atom. The molecule has 0 radical (unpaired) electrons. The van der Waals surface area contributed by atoms with Gasteiger partial charge in [-0.3, -0.25) is 14.4 Å². The lowest BCUT2D eigenvalue weighted by atomic mass is 10.0. The molecule has 0 bridgehead atoms. The number of carbonyl (C=O) groups is 3. The van der Waals surface area contributed by atoms with E-state index >= 15 is 0 Å². The van der Waals surface area contributed by atoms with Crippen molar-refractivity contribution in [2.75, 3.05) is 23.4 Å². The number of furan rings is 1. The lowest BCUT2D eigenvalue weighted by molar-refractivity contribution is -0.121. The predicted octanol–water partition coefficient (Wildman–Crippen LogP) is 3.77. The molecule has 0 spiro atoms. The highest BCUT2D eigenvalue weighted by atomic mass is 16.3. The van der Waals surface area contributed by atoms with Gasteiger partial charge in [-0.1, -0.05) is 31.2 Å². The van der Waals surface area contributed by atoms with Crippen LogP contribution in [0.25, 0.3) is 0 Å². The average molecular weight is 388 g/mol. The first-order valence-electron chi connectivity index (χ1n) is 9.34. The minimum absolute atomic E-state index is 0.0468. The zero-order valence-corrected chi connectivity index (χ0v) is 16.2. The van der Waals surface area contributed by atoms with Gasteiger partial charge in [0.1, 0.15) is 0 Å². The standard InChI is InChI=1S/C23H20N2O4/c1-15-14-25(19-10-4-3-9-18(19)24(2)22(15)27)23(28)17-8-5-7-16(13-17)21(26)20-11-6-12-29-20/h3-13,15H,14H2,1-2H3. The van der Waals surface area contributed by atoms with Crippen LogP contribution in [0, 0.1) is 5.92 Å². The third-order valence-corrected chi connectivity index (χ3v) is 5.10. The summed E-state index contributed by atoms with van der Waals surface area (Å²) >= 11 is 0. The van der Waals surface area contributed by atoms with E-state index in [1.807, 2.05) is 31.2 Å². The molecule has 1 aliphatic heterocycles. The van der Waals surface area contributed by atoms with Crippen molar-refractivity contribution < 1.29 is 18.8 Å². The zero-order chi connectivity index (χ0) is 20.5. The van der Waals surface area contributed by atoms with Gasteiger partial charge in [-0.15, -0.1) is 0 Å². The Balaban J connectivity index is 1.73. The Labute approximate surface area is 168 Å². The predicted molar refractivity (Wildman–Crippen MR) is 109 cm³/mol. The third kappa shape index (κ3) is 3.33. The molecular weight excluding hydrogens is 368 g/mol. The summed E-state index contributed by atoms with van der Waals surface area (Å²) in [6, 6.07) is 17.1. The molecule has 0 fully saturated rings. The maximum Gasteiger partial charge on any atom is 0.258 e. The largest absolute Gasteiger partial charge is 0.461 e. The zero-order valence-electron chi connectivity index (χ0n) is 16.2. The summed E-state index contributed by atoms with van der Waals surface area (Å²) in [5.74, 6) is -0.736. The molecule has 0 saturated carbocycles. The third-order valence-electron chi connectivity index (χ3n) is 5.10. The van der Waals surface area contributed by atoms with Crippen LogP contribution < -0.4 is 9.80 Å². The molecule has 1 atom stereocenters. The second kappa shape index (κ2) is 7.39. The quantitative estimate of drug-likeness (QED) is 0.641. The van der Waals surface area contributed by atoms with Crippen LogP contribution in [-0.2, 0) is 4.79 Å². The molecule has 6 heteroatoms. The topological polar surface area (TPSA) is 70.8 Å². The van der Waals surface area contributed by atoms with Crippen LogP contribution in [0.2, 0.25) is 0 Å². The number of ketones is 1. The Morgan fingerprint density at radius 3 is 2.41 bits per heavy atom. The van der Waals surface area contributed by atoms with Crippen LogP contribution in [0.1, 0.15) is 33.4 Å². The van der Waals surface area contributed by atoms with Crippen molar-refractivity contribution >= 4 is 29.0 Å². The summed E-state index contributed by atoms with van der Waals surface area (Å²) in [5.41, 5.74) is 2.09. The van der Waals surface area contributed by atoms with Gasteiger partial charge in [0, 0.05) is 24.7 Å². The number of fused-ring (bicyclic) bond motifs is 1. The van der Waals surface area contributed by atoms with E-state index in [-0.39, 0.29) is 35.8 Å². The van der Waals surface area contributed by atoms with E-state index in [1.54, 1.807) is 53.2 Å². The molecule has 1 aliphatic rings. The molecule has 2 heterocycles. The number of anilines is 2. The van der Waals surface area contributed by atoms with Gasteiger partial charge in [0.2, 0.25) is 11.7 Å². The minimum Gasteiger partial charge on any atom is -0.461 e. The summed E-state index contributed by atoms with van der Waals surface area (Å²) in [6.45, 7) is 2.07. The summed E-state index contributed by atoms with van der Waals surface area (Å²) in [4.78, 5) is 41.8. The highest BCUT2D eigenvalue weighted by molar-refractivity contribution is 6.13. The average Bonchev–Trinajstić information content (AvgIpc) is 3.27. The van der Waals surface area contributed by atoms with Crippen LogP contribution >= 0.6 is 0 Å². The maximum absolute atomic E-state index is 13.4. The van der Waals surface area contributed by atoms with Crippen molar-refractivity contribution in [3.05, 3.63) is 83.8 Å². The van der Waals surface area contributed by atoms with Gasteiger partial charge in [0.15, 0.2) is 5.76 Å². The lowest BCUT2D eigenvalue weighted by Crippen LogP contribution is -2.37. The van der Waals surface area contributed by atoms with Gasteiger partial charge >= 0.3 is 0 Å². The molecule has 0 N–H and O–H groups in total. The first kappa shape index (κ1) is 18.7. The number of carbonyl (C=O) groups excluding carboxylic acids is 3. The molecule has 3 aromatic rings. The normalized spacial score (nSPS) is 16.3. The fourth-order valence-electron chi connectivity index (χ4n) is 3.57. The smallest absolute Gasteiger partial charge is 0.258 e. The van der Waals surface area contributed by atoms with Crippen molar-refractivity contribution in [3.63, 3.8) is 0 Å². The van der Waals surface area contributed by atoms with Crippen molar-refractivity contribution in [2.45, 2.75) is 6.92 Å². The Bertz CT molecular complexity index is 1090. The Hall–Kier alpha value is -3.67. The Morgan fingerprint density at radius 1 is 0.966 bits per heavy atom. The van der Waals surface area contributed by atoms with E-state index in [0.29, 0.717) is 22.5 Å². The van der Waals surface area contributed by atoms with Gasteiger partial charge in [-0.25, -0.2) is 0 Å². The van der Waals surface area contributed by atoms with Crippen molar-refractivity contribution in [1.29, 1.82) is 0 Å². The summed E-state index contributed by atoms with van der Waals surface area (Å²) in [7, 11) is 1.72. The Kier molecular flexibility index (Phi) is 4.76. The SMILES string of the molecule is CC1CN(C(=O)c2cccc(C(=O)c3ccco3)c2)c2ccccc2N(C)C1=O. The number of amides is 2. The summed E-state index contributed by atoms with van der Waals surface area (Å²) < 4.78 is 5.18. The number of benzene rings is 2. The lowest BCUT2D eigenvalue weighted by Gasteiger charge is -2.24. The van der Waals surface area contributed by atoms with Crippen molar-refractivity contribution in [2.24, 2.45) is 5.92 Å². The number of hydrogen-bond donors (Lipinski definition) is 0. The number of hydrogen-bond acceptors (Lipinski definition) is 4. The fourth-order valence-corrected chi connectivity index (χ4v) is 3.57. The first-order chi connectivity index (χ1) is 14.0. The number of para-hydroxylation sites is 2. The van der Waals surface area contributed by atoms with Gasteiger partial charge in [-0.2, -0.15) is 0 Å². The minimum atomic E-state index is -0.357. The van der Waals surface area contributed by atoms with E-state index < -0.39 is 0 Å². The molecule has 1 unspecified atom stereocenters. The molecular formula is C23H20N2O4. The second-order valence-electron chi connectivity index (χ2n) is 7.09. The number of nitrogens with zero attached hydrogens (tertiary/aromatic N) is 2. The van der Waals surface area contributed by atoms with Gasteiger partial charge in [0.05, 0.1) is 23.6 Å². The van der Waals surface area contributed by atoms with Crippen LogP contribution in [0.3, 0.4) is 0 Å². The summed E-state index contributed by atoms with van der Waals surface area (Å²) in [5, 5.41) is 0. The van der Waals surface area contributed by atoms with Gasteiger partial charge in [-0.05, 0) is 36.4 Å². The first-order valence-corrected chi connectivity index (χ1v) is 9.34. The fraction of sp³-hybridized carbons (Fsp3) is 0.174. The highest BCUT2D eigenvalue weighted by Gasteiger charge is 2.32. The van der Waals surface area contributed by atoms with Gasteiger partial charge < -0.3 is 14.2 Å². The molecule has 0 aliphatic carbocycles. The molecule has 6 nitrogen and oxygen atoms in total. The van der Waals surface area contributed by atoms with E-state index in [0.717, 1.165) is 0 Å². The maximum atomic E-state index is 13.4. The monoisotopic (exact) mass is 388 g/mol. The molecule has 146 valence electrons. The van der Waals surface area contributed by atoms with Crippen molar-refractivity contribution in [3.8, 4) is 0 Å². The molecule has 1 aromatic heterocycles. The van der Waals surface area contributed by atoms with E-state index in [1.165, 1.54) is 6.26 Å². The van der Waals surface area contributed by atoms with Crippen LogP contribution in [0.4, 0.5) is 11.4 Å². The molecule has 0 saturated heterocycles. The summed E-state index contributed by atoms with van der Waals surface area (Å²) in [6.07, 6.45) is 1.44. The van der Waals surface area contributed by atoms with Gasteiger partial charge in [0.25, 0.3) is 5.91 Å². The number of rotatable bonds is 3. The second-order valence-corrected chi connectivity index (χ2v) is 7.09. The van der Waals surface area contributed by atoms with Crippen LogP contribution in [0.15, 0.2) is 71.3 Å². The van der Waals surface area contributed by atoms with Crippen LogP contribution in [0.5, 0.6) is 0 Å². The van der Waals surface area contributed by atoms with Crippen LogP contribution in [-0.4, -0.2) is 31.2 Å².